The Labute approximate surface area is 175 Å². The number of hydrogen-bond acceptors (Lipinski definition) is 7. The van der Waals surface area contributed by atoms with Crippen LogP contribution in [0, 0.1) is 31.1 Å². The first-order valence-corrected chi connectivity index (χ1v) is 9.95. The Hall–Kier alpha value is -3.29. The number of aromatic nitrogens is 4. The Bertz CT molecular complexity index is 1010. The van der Waals surface area contributed by atoms with E-state index in [2.05, 4.69) is 37.4 Å². The van der Waals surface area contributed by atoms with Crippen molar-refractivity contribution in [3.63, 3.8) is 0 Å². The van der Waals surface area contributed by atoms with Crippen LogP contribution in [0.2, 0.25) is 0 Å². The number of anilines is 1. The van der Waals surface area contributed by atoms with Gasteiger partial charge < -0.3 is 14.8 Å². The van der Waals surface area contributed by atoms with E-state index in [0.717, 1.165) is 18.5 Å². The Morgan fingerprint density at radius 1 is 1.27 bits per heavy atom. The van der Waals surface area contributed by atoms with Crippen molar-refractivity contribution in [1.82, 2.24) is 19.9 Å². The molecule has 8 nitrogen and oxygen atoms in total. The van der Waals surface area contributed by atoms with Crippen molar-refractivity contribution in [1.29, 1.82) is 0 Å². The summed E-state index contributed by atoms with van der Waals surface area (Å²) in [5, 5.41) is 2.90. The smallest absolute Gasteiger partial charge is 0.229 e. The van der Waals surface area contributed by atoms with Crippen molar-refractivity contribution >= 4 is 11.7 Å². The molecule has 1 unspecified atom stereocenters. The van der Waals surface area contributed by atoms with Gasteiger partial charge in [-0.15, -0.1) is 0 Å². The van der Waals surface area contributed by atoms with Gasteiger partial charge in [-0.3, -0.25) is 4.79 Å². The molecule has 0 aliphatic heterocycles. The second-order valence-electron chi connectivity index (χ2n) is 7.74. The van der Waals surface area contributed by atoms with Crippen LogP contribution in [0.25, 0.3) is 0 Å². The maximum Gasteiger partial charge on any atom is 0.229 e. The highest BCUT2D eigenvalue weighted by Crippen LogP contribution is 2.60. The third-order valence-electron chi connectivity index (χ3n) is 5.81. The zero-order chi connectivity index (χ0) is 21.1. The van der Waals surface area contributed by atoms with Gasteiger partial charge in [-0.05, 0) is 32.6 Å². The largest absolute Gasteiger partial charge is 0.489 e. The maximum atomic E-state index is 13.0. The fourth-order valence-electron chi connectivity index (χ4n) is 4.02. The lowest BCUT2D eigenvalue weighted by Crippen LogP contribution is -2.29. The second kappa shape index (κ2) is 8.22. The van der Waals surface area contributed by atoms with Gasteiger partial charge in [-0.1, -0.05) is 24.3 Å². The SMILES string of the molecule is COc1cc(NC(=O)[C@@H]2C[C@@]2(COc2cnc(C)nc2C)C2C=CC=CC2)ncn1. The molecule has 0 aromatic carbocycles. The number of rotatable bonds is 7. The zero-order valence-electron chi connectivity index (χ0n) is 17.3. The Morgan fingerprint density at radius 3 is 2.87 bits per heavy atom. The molecule has 0 bridgehead atoms. The molecular formula is C22H25N5O3. The van der Waals surface area contributed by atoms with Crippen LogP contribution >= 0.6 is 0 Å². The standard InChI is InChI=1S/C22H25N5O3/c1-14-18(11-23-15(2)26-14)30-12-22(16-7-5-4-6-8-16)10-17(22)21(28)27-19-9-20(29-3)25-13-24-19/h4-7,9,11,13,16-17H,8,10,12H2,1-3H3,(H,24,25,27,28)/t16?,17-,22+/m0/s1. The topological polar surface area (TPSA) is 99.1 Å². The predicted molar refractivity (Wildman–Crippen MR) is 111 cm³/mol. The van der Waals surface area contributed by atoms with Crippen LogP contribution < -0.4 is 14.8 Å². The molecule has 0 radical (unpaired) electrons. The minimum Gasteiger partial charge on any atom is -0.489 e. The molecule has 1 amide bonds. The molecule has 2 aliphatic carbocycles. The van der Waals surface area contributed by atoms with E-state index in [1.807, 2.05) is 26.0 Å². The van der Waals surface area contributed by atoms with Crippen LogP contribution in [-0.2, 0) is 4.79 Å². The summed E-state index contributed by atoms with van der Waals surface area (Å²) in [7, 11) is 1.52. The van der Waals surface area contributed by atoms with Crippen LogP contribution in [0.4, 0.5) is 5.82 Å². The number of allylic oxidation sites excluding steroid dienone is 4. The zero-order valence-corrected chi connectivity index (χ0v) is 17.3. The van der Waals surface area contributed by atoms with Gasteiger partial charge >= 0.3 is 0 Å². The third kappa shape index (κ3) is 4.03. The number of hydrogen-bond donors (Lipinski definition) is 1. The third-order valence-corrected chi connectivity index (χ3v) is 5.81. The molecule has 1 fully saturated rings. The van der Waals surface area contributed by atoms with Gasteiger partial charge in [-0.2, -0.15) is 0 Å². The van der Waals surface area contributed by atoms with Gasteiger partial charge in [0.05, 0.1) is 25.6 Å². The average Bonchev–Trinajstić information content (AvgIpc) is 3.50. The van der Waals surface area contributed by atoms with Gasteiger partial charge in [0.1, 0.15) is 18.0 Å². The van der Waals surface area contributed by atoms with Gasteiger partial charge in [0.15, 0.2) is 5.75 Å². The maximum absolute atomic E-state index is 13.0. The average molecular weight is 407 g/mol. The van der Waals surface area contributed by atoms with Crippen molar-refractivity contribution in [3.8, 4) is 11.6 Å². The molecule has 4 rings (SSSR count). The fraction of sp³-hybridized carbons (Fsp3) is 0.409. The first-order valence-electron chi connectivity index (χ1n) is 9.95. The molecule has 1 saturated carbocycles. The lowest BCUT2D eigenvalue weighted by molar-refractivity contribution is -0.118. The minimum absolute atomic E-state index is 0.0702. The quantitative estimate of drug-likeness (QED) is 0.753. The minimum atomic E-state index is -0.278. The first-order chi connectivity index (χ1) is 14.5. The van der Waals surface area contributed by atoms with Crippen LogP contribution in [0.3, 0.4) is 0 Å². The predicted octanol–water partition coefficient (Wildman–Crippen LogP) is 3.05. The molecule has 2 heterocycles. The van der Waals surface area contributed by atoms with Gasteiger partial charge in [0.25, 0.3) is 0 Å². The molecule has 0 spiro atoms. The summed E-state index contributed by atoms with van der Waals surface area (Å²) in [6.07, 6.45) is 13.1. The summed E-state index contributed by atoms with van der Waals surface area (Å²) >= 11 is 0. The van der Waals surface area contributed by atoms with Crippen molar-refractivity contribution < 1.29 is 14.3 Å². The highest BCUT2D eigenvalue weighted by molar-refractivity contribution is 5.94. The monoisotopic (exact) mass is 407 g/mol. The molecule has 8 heteroatoms. The van der Waals surface area contributed by atoms with E-state index in [1.165, 1.54) is 13.4 Å². The van der Waals surface area contributed by atoms with Gasteiger partial charge in [-0.25, -0.2) is 19.9 Å². The van der Waals surface area contributed by atoms with Crippen LogP contribution in [-0.4, -0.2) is 39.6 Å². The van der Waals surface area contributed by atoms with E-state index in [0.29, 0.717) is 29.9 Å². The van der Waals surface area contributed by atoms with Crippen molar-refractivity contribution in [2.75, 3.05) is 19.0 Å². The van der Waals surface area contributed by atoms with E-state index < -0.39 is 0 Å². The summed E-state index contributed by atoms with van der Waals surface area (Å²) in [6.45, 7) is 4.18. The second-order valence-corrected chi connectivity index (χ2v) is 7.74. The molecule has 2 aliphatic rings. The fourth-order valence-corrected chi connectivity index (χ4v) is 4.02. The number of carbonyl (C=O) groups excluding carboxylic acids is 1. The summed E-state index contributed by atoms with van der Waals surface area (Å²) in [6, 6.07) is 1.61. The summed E-state index contributed by atoms with van der Waals surface area (Å²) < 4.78 is 11.2. The molecule has 3 atom stereocenters. The Kier molecular flexibility index (Phi) is 5.48. The van der Waals surface area contributed by atoms with Crippen LogP contribution in [0.1, 0.15) is 24.4 Å². The summed E-state index contributed by atoms with van der Waals surface area (Å²) in [5.74, 6) is 2.17. The Balaban J connectivity index is 1.50. The van der Waals surface area contributed by atoms with E-state index in [1.54, 1.807) is 12.3 Å². The van der Waals surface area contributed by atoms with E-state index in [9.17, 15) is 4.79 Å². The lowest BCUT2D eigenvalue weighted by atomic mass is 9.82. The van der Waals surface area contributed by atoms with E-state index in [-0.39, 0.29) is 23.2 Å². The Morgan fingerprint density at radius 2 is 2.13 bits per heavy atom. The normalized spacial score (nSPS) is 24.4. The lowest BCUT2D eigenvalue weighted by Gasteiger charge is -2.26. The molecule has 156 valence electrons. The molecular weight excluding hydrogens is 382 g/mol. The van der Waals surface area contributed by atoms with Crippen LogP contribution in [0.5, 0.6) is 11.6 Å². The molecule has 2 aromatic rings. The molecule has 2 aromatic heterocycles. The molecule has 30 heavy (non-hydrogen) atoms. The van der Waals surface area contributed by atoms with E-state index in [4.69, 9.17) is 9.47 Å². The summed E-state index contributed by atoms with van der Waals surface area (Å²) in [4.78, 5) is 29.7. The highest BCUT2D eigenvalue weighted by atomic mass is 16.5. The highest BCUT2D eigenvalue weighted by Gasteiger charge is 2.62. The number of nitrogens with zero attached hydrogens (tertiary/aromatic N) is 4. The molecule has 1 N–H and O–H groups in total. The van der Waals surface area contributed by atoms with Crippen molar-refractivity contribution in [2.45, 2.75) is 26.7 Å². The number of aryl methyl sites for hydroxylation is 2. The molecule has 0 saturated heterocycles. The van der Waals surface area contributed by atoms with E-state index >= 15 is 0 Å². The number of nitrogens with one attached hydrogen (secondary N) is 1. The number of ether oxygens (including phenoxy) is 2. The summed E-state index contributed by atoms with van der Waals surface area (Å²) in [5.41, 5.74) is 0.520. The van der Waals surface area contributed by atoms with Crippen molar-refractivity contribution in [3.05, 3.63) is 54.4 Å². The first kappa shape index (κ1) is 20.0. The van der Waals surface area contributed by atoms with Gasteiger partial charge in [0.2, 0.25) is 11.8 Å². The number of methoxy groups -OCH3 is 1. The van der Waals surface area contributed by atoms with Crippen LogP contribution in [0.15, 0.2) is 42.9 Å². The van der Waals surface area contributed by atoms with Crippen molar-refractivity contribution in [2.24, 2.45) is 17.3 Å². The number of amides is 1. The van der Waals surface area contributed by atoms with Gasteiger partial charge in [0, 0.05) is 17.4 Å². The number of carbonyl (C=O) groups is 1.